The molecule has 0 aliphatic rings. The Balaban J connectivity index is 2.60. The van der Waals surface area contributed by atoms with E-state index in [1.54, 1.807) is 17.9 Å². The van der Waals surface area contributed by atoms with Crippen LogP contribution < -0.4 is 5.32 Å². The highest BCUT2D eigenvalue weighted by atomic mass is 16.5. The van der Waals surface area contributed by atoms with Crippen molar-refractivity contribution in [2.24, 2.45) is 0 Å². The summed E-state index contributed by atoms with van der Waals surface area (Å²) in [6, 6.07) is 9.52. The standard InChI is InChI=1S/C19H26N2O4/c1-3-25-19(24)12-15-21(14-7-13-20-16(2)22)18(23)11-10-17-8-5-4-6-9-17/h4-6,8-11H,3,7,12-15H2,1-2H3,(H,20,22)/b11-10+. The lowest BCUT2D eigenvalue weighted by atomic mass is 10.2. The molecule has 0 spiro atoms. The van der Waals surface area contributed by atoms with Crippen LogP contribution in [0.4, 0.5) is 0 Å². The number of ether oxygens (including phenoxy) is 1. The SMILES string of the molecule is CCOC(=O)CCN(CCCNC(C)=O)C(=O)/C=C/c1ccccc1. The van der Waals surface area contributed by atoms with Crippen LogP contribution in [0.1, 0.15) is 32.3 Å². The first-order valence-corrected chi connectivity index (χ1v) is 8.45. The average Bonchev–Trinajstić information content (AvgIpc) is 2.60. The zero-order valence-electron chi connectivity index (χ0n) is 14.9. The van der Waals surface area contributed by atoms with Crippen molar-refractivity contribution in [2.45, 2.75) is 26.7 Å². The second kappa shape index (κ2) is 11.8. The minimum Gasteiger partial charge on any atom is -0.466 e. The summed E-state index contributed by atoms with van der Waals surface area (Å²) in [4.78, 5) is 36.4. The molecule has 1 rings (SSSR count). The van der Waals surface area contributed by atoms with Gasteiger partial charge < -0.3 is 15.0 Å². The van der Waals surface area contributed by atoms with E-state index in [1.807, 2.05) is 30.3 Å². The summed E-state index contributed by atoms with van der Waals surface area (Å²) in [6.45, 7) is 4.75. The third-order valence-corrected chi connectivity index (χ3v) is 3.40. The normalized spacial score (nSPS) is 10.5. The summed E-state index contributed by atoms with van der Waals surface area (Å²) < 4.78 is 4.91. The fraction of sp³-hybridized carbons (Fsp3) is 0.421. The minimum atomic E-state index is -0.325. The Kier molecular flexibility index (Phi) is 9.67. The van der Waals surface area contributed by atoms with E-state index >= 15 is 0 Å². The van der Waals surface area contributed by atoms with Crippen LogP contribution >= 0.6 is 0 Å². The van der Waals surface area contributed by atoms with Gasteiger partial charge in [0.05, 0.1) is 13.0 Å². The van der Waals surface area contributed by atoms with Gasteiger partial charge in [-0.05, 0) is 25.0 Å². The van der Waals surface area contributed by atoms with E-state index in [0.717, 1.165) is 5.56 Å². The smallest absolute Gasteiger partial charge is 0.307 e. The molecule has 0 aromatic heterocycles. The fourth-order valence-corrected chi connectivity index (χ4v) is 2.16. The quantitative estimate of drug-likeness (QED) is 0.399. The lowest BCUT2D eigenvalue weighted by Gasteiger charge is -2.21. The van der Waals surface area contributed by atoms with Crippen molar-refractivity contribution in [3.8, 4) is 0 Å². The van der Waals surface area contributed by atoms with E-state index in [1.165, 1.54) is 13.0 Å². The molecule has 1 aromatic rings. The Hall–Kier alpha value is -2.63. The van der Waals surface area contributed by atoms with E-state index in [4.69, 9.17) is 4.74 Å². The largest absolute Gasteiger partial charge is 0.466 e. The van der Waals surface area contributed by atoms with Crippen molar-refractivity contribution in [2.75, 3.05) is 26.2 Å². The zero-order chi connectivity index (χ0) is 18.5. The molecule has 6 nitrogen and oxygen atoms in total. The molecular formula is C19H26N2O4. The minimum absolute atomic E-state index is 0.103. The number of benzene rings is 1. The van der Waals surface area contributed by atoms with Crippen LogP contribution in [-0.2, 0) is 19.1 Å². The monoisotopic (exact) mass is 346 g/mol. The van der Waals surface area contributed by atoms with Gasteiger partial charge in [-0.15, -0.1) is 0 Å². The second-order valence-corrected chi connectivity index (χ2v) is 5.46. The molecule has 2 amide bonds. The molecule has 0 radical (unpaired) electrons. The number of nitrogens with one attached hydrogen (secondary N) is 1. The molecule has 0 saturated carbocycles. The Bertz CT molecular complexity index is 584. The number of hydrogen-bond donors (Lipinski definition) is 1. The number of hydrogen-bond acceptors (Lipinski definition) is 4. The highest BCUT2D eigenvalue weighted by molar-refractivity contribution is 5.92. The maximum absolute atomic E-state index is 12.4. The number of amides is 2. The number of rotatable bonds is 10. The third-order valence-electron chi connectivity index (χ3n) is 3.40. The maximum atomic E-state index is 12.4. The molecule has 0 fully saturated rings. The number of nitrogens with zero attached hydrogens (tertiary/aromatic N) is 1. The van der Waals surface area contributed by atoms with Gasteiger partial charge in [0.1, 0.15) is 0 Å². The fourth-order valence-electron chi connectivity index (χ4n) is 2.16. The summed E-state index contributed by atoms with van der Waals surface area (Å²) in [5.41, 5.74) is 0.930. The van der Waals surface area contributed by atoms with Crippen molar-refractivity contribution < 1.29 is 19.1 Å². The summed E-state index contributed by atoms with van der Waals surface area (Å²) in [6.07, 6.45) is 4.01. The van der Waals surface area contributed by atoms with Gasteiger partial charge in [0.25, 0.3) is 0 Å². The summed E-state index contributed by atoms with van der Waals surface area (Å²) in [5, 5.41) is 2.70. The molecule has 0 heterocycles. The lowest BCUT2D eigenvalue weighted by molar-refractivity contribution is -0.143. The molecular weight excluding hydrogens is 320 g/mol. The van der Waals surface area contributed by atoms with Gasteiger partial charge in [-0.2, -0.15) is 0 Å². The summed E-state index contributed by atoms with van der Waals surface area (Å²) in [5.74, 6) is -0.599. The Morgan fingerprint density at radius 3 is 2.52 bits per heavy atom. The highest BCUT2D eigenvalue weighted by Crippen LogP contribution is 2.04. The van der Waals surface area contributed by atoms with Gasteiger partial charge in [0.2, 0.25) is 11.8 Å². The van der Waals surface area contributed by atoms with Crippen molar-refractivity contribution in [1.82, 2.24) is 10.2 Å². The molecule has 25 heavy (non-hydrogen) atoms. The number of esters is 1. The predicted octanol–water partition coefficient (Wildman–Crippen LogP) is 2.01. The lowest BCUT2D eigenvalue weighted by Crippen LogP contribution is -2.34. The van der Waals surface area contributed by atoms with Crippen LogP contribution in [-0.4, -0.2) is 48.9 Å². The molecule has 0 atom stereocenters. The Morgan fingerprint density at radius 2 is 1.88 bits per heavy atom. The van der Waals surface area contributed by atoms with Crippen LogP contribution in [0.3, 0.4) is 0 Å². The first-order valence-electron chi connectivity index (χ1n) is 8.45. The molecule has 1 N–H and O–H groups in total. The van der Waals surface area contributed by atoms with Gasteiger partial charge in [-0.25, -0.2) is 0 Å². The van der Waals surface area contributed by atoms with Crippen LogP contribution in [0.25, 0.3) is 6.08 Å². The van der Waals surface area contributed by atoms with Crippen LogP contribution in [0.2, 0.25) is 0 Å². The van der Waals surface area contributed by atoms with Crippen molar-refractivity contribution in [3.05, 3.63) is 42.0 Å². The third kappa shape index (κ3) is 9.30. The molecule has 0 saturated heterocycles. The van der Waals surface area contributed by atoms with Crippen LogP contribution in [0, 0.1) is 0 Å². The van der Waals surface area contributed by atoms with E-state index in [9.17, 15) is 14.4 Å². The molecule has 6 heteroatoms. The highest BCUT2D eigenvalue weighted by Gasteiger charge is 2.13. The number of carbonyl (C=O) groups excluding carboxylic acids is 3. The summed E-state index contributed by atoms with van der Waals surface area (Å²) >= 11 is 0. The number of carbonyl (C=O) groups is 3. The van der Waals surface area contributed by atoms with E-state index in [2.05, 4.69) is 5.32 Å². The Morgan fingerprint density at radius 1 is 1.16 bits per heavy atom. The van der Waals surface area contributed by atoms with Gasteiger partial charge in [-0.1, -0.05) is 30.3 Å². The Labute approximate surface area is 148 Å². The molecule has 0 unspecified atom stereocenters. The zero-order valence-corrected chi connectivity index (χ0v) is 14.9. The van der Waals surface area contributed by atoms with E-state index < -0.39 is 0 Å². The first kappa shape index (κ1) is 20.4. The maximum Gasteiger partial charge on any atom is 0.307 e. The predicted molar refractivity (Wildman–Crippen MR) is 96.6 cm³/mol. The van der Waals surface area contributed by atoms with Crippen molar-refractivity contribution in [3.63, 3.8) is 0 Å². The molecule has 0 bridgehead atoms. The van der Waals surface area contributed by atoms with Gasteiger partial charge in [0.15, 0.2) is 0 Å². The molecule has 0 aliphatic carbocycles. The first-order chi connectivity index (χ1) is 12.0. The summed E-state index contributed by atoms with van der Waals surface area (Å²) in [7, 11) is 0. The van der Waals surface area contributed by atoms with Crippen molar-refractivity contribution in [1.29, 1.82) is 0 Å². The van der Waals surface area contributed by atoms with Crippen molar-refractivity contribution >= 4 is 23.9 Å². The molecule has 0 aliphatic heterocycles. The van der Waals surface area contributed by atoms with Gasteiger partial charge >= 0.3 is 5.97 Å². The average molecular weight is 346 g/mol. The van der Waals surface area contributed by atoms with Gasteiger partial charge in [0, 0.05) is 32.6 Å². The van der Waals surface area contributed by atoms with Gasteiger partial charge in [-0.3, -0.25) is 14.4 Å². The second-order valence-electron chi connectivity index (χ2n) is 5.46. The van der Waals surface area contributed by atoms with E-state index in [-0.39, 0.29) is 30.7 Å². The van der Waals surface area contributed by atoms with E-state index in [0.29, 0.717) is 26.1 Å². The van der Waals surface area contributed by atoms with Crippen LogP contribution in [0.5, 0.6) is 0 Å². The topological polar surface area (TPSA) is 75.7 Å². The molecule has 1 aromatic carbocycles. The van der Waals surface area contributed by atoms with Crippen LogP contribution in [0.15, 0.2) is 36.4 Å². The molecule has 136 valence electrons.